The molecule has 0 saturated carbocycles. The van der Waals surface area contributed by atoms with Gasteiger partial charge >= 0.3 is 0 Å². The molecule has 1 atom stereocenters. The van der Waals surface area contributed by atoms with Crippen LogP contribution in [0.2, 0.25) is 0 Å². The Kier molecular flexibility index (Phi) is 8.85. The van der Waals surface area contributed by atoms with Crippen LogP contribution in [-0.2, 0) is 24.2 Å². The van der Waals surface area contributed by atoms with Crippen molar-refractivity contribution in [2.45, 2.75) is 39.0 Å². The zero-order valence-electron chi connectivity index (χ0n) is 21.5. The second-order valence-electron chi connectivity index (χ2n) is 9.31. The molecule has 0 spiro atoms. The van der Waals surface area contributed by atoms with Crippen molar-refractivity contribution in [2.24, 2.45) is 0 Å². The first-order valence-corrected chi connectivity index (χ1v) is 12.5. The summed E-state index contributed by atoms with van der Waals surface area (Å²) in [6, 6.07) is 13.8. The topological polar surface area (TPSA) is 78.2 Å². The molecule has 2 heterocycles. The van der Waals surface area contributed by atoms with Crippen molar-refractivity contribution in [3.63, 3.8) is 0 Å². The van der Waals surface area contributed by atoms with Crippen LogP contribution in [0.15, 0.2) is 54.9 Å². The van der Waals surface area contributed by atoms with Crippen molar-refractivity contribution < 1.29 is 24.1 Å². The number of aryl methyl sites for hydroxylation is 2. The number of hydrogen-bond acceptors (Lipinski definition) is 7. The molecule has 2 aromatic carbocycles. The molecule has 1 aromatic heterocycles. The van der Waals surface area contributed by atoms with Crippen LogP contribution in [0, 0.1) is 6.92 Å². The van der Waals surface area contributed by atoms with Crippen molar-refractivity contribution in [1.29, 1.82) is 0 Å². The highest BCUT2D eigenvalue weighted by Crippen LogP contribution is 2.29. The maximum absolute atomic E-state index is 11.3. The van der Waals surface area contributed by atoms with Gasteiger partial charge in [-0.15, -0.1) is 0 Å². The number of benzene rings is 2. The summed E-state index contributed by atoms with van der Waals surface area (Å²) in [6.07, 6.45) is 4.67. The lowest BCUT2D eigenvalue weighted by Crippen LogP contribution is -2.48. The summed E-state index contributed by atoms with van der Waals surface area (Å²) in [5, 5.41) is 11.3. The molecule has 1 fully saturated rings. The predicted molar refractivity (Wildman–Crippen MR) is 138 cm³/mol. The molecule has 8 heteroatoms. The maximum Gasteiger partial charge on any atom is 0.161 e. The number of methoxy groups -OCH3 is 1. The van der Waals surface area contributed by atoms with E-state index < -0.39 is 5.60 Å². The average molecular weight is 496 g/mol. The van der Waals surface area contributed by atoms with E-state index >= 15 is 0 Å². The third-order valence-corrected chi connectivity index (χ3v) is 6.31. The molecule has 4 rings (SSSR count). The van der Waals surface area contributed by atoms with Crippen molar-refractivity contribution in [3.8, 4) is 17.2 Å². The van der Waals surface area contributed by atoms with Gasteiger partial charge in [-0.1, -0.05) is 30.7 Å². The molecule has 0 radical (unpaired) electrons. The van der Waals surface area contributed by atoms with E-state index in [4.69, 9.17) is 18.9 Å². The Morgan fingerprint density at radius 3 is 2.72 bits per heavy atom. The summed E-state index contributed by atoms with van der Waals surface area (Å²) in [5.41, 5.74) is 1.14. The van der Waals surface area contributed by atoms with Crippen LogP contribution in [0.3, 0.4) is 0 Å². The summed E-state index contributed by atoms with van der Waals surface area (Å²) in [7, 11) is 1.65. The van der Waals surface area contributed by atoms with E-state index in [1.54, 1.807) is 7.11 Å². The van der Waals surface area contributed by atoms with Gasteiger partial charge in [-0.25, -0.2) is 4.98 Å². The molecule has 3 aromatic rings. The van der Waals surface area contributed by atoms with Gasteiger partial charge in [0, 0.05) is 38.4 Å². The quantitative estimate of drug-likeness (QED) is 0.436. The molecule has 0 aliphatic carbocycles. The van der Waals surface area contributed by atoms with Gasteiger partial charge in [0.15, 0.2) is 11.5 Å². The number of β-amino-alcohol motifs (C(OH)–C–C–N with tert-alkyl or cyclic N) is 1. The van der Waals surface area contributed by atoms with Gasteiger partial charge in [0.05, 0.1) is 26.9 Å². The van der Waals surface area contributed by atoms with Gasteiger partial charge in [0.25, 0.3) is 0 Å². The van der Waals surface area contributed by atoms with Gasteiger partial charge < -0.3 is 28.6 Å². The Morgan fingerprint density at radius 1 is 1.11 bits per heavy atom. The molecule has 1 saturated heterocycles. The Bertz CT molecular complexity index is 1100. The Labute approximate surface area is 213 Å². The molecule has 1 aliphatic heterocycles. The Balaban J connectivity index is 1.37. The fourth-order valence-corrected chi connectivity index (χ4v) is 4.37. The zero-order valence-corrected chi connectivity index (χ0v) is 21.5. The summed E-state index contributed by atoms with van der Waals surface area (Å²) in [4.78, 5) is 6.55. The summed E-state index contributed by atoms with van der Waals surface area (Å²) in [6.45, 7) is 8.12. The molecule has 1 unspecified atom stereocenters. The summed E-state index contributed by atoms with van der Waals surface area (Å²) >= 11 is 0. The highest BCUT2D eigenvalue weighted by molar-refractivity contribution is 5.43. The minimum Gasteiger partial charge on any atom is -0.493 e. The lowest BCUT2D eigenvalue weighted by Gasteiger charge is -2.30. The molecular formula is C28H37N3O5. The first kappa shape index (κ1) is 26.0. The summed E-state index contributed by atoms with van der Waals surface area (Å²) in [5.74, 6) is 3.18. The van der Waals surface area contributed by atoms with E-state index in [-0.39, 0.29) is 13.2 Å². The van der Waals surface area contributed by atoms with E-state index in [9.17, 15) is 5.11 Å². The molecule has 1 aliphatic rings. The van der Waals surface area contributed by atoms with Gasteiger partial charge in [-0.05, 0) is 36.8 Å². The smallest absolute Gasteiger partial charge is 0.161 e. The third-order valence-electron chi connectivity index (χ3n) is 6.31. The van der Waals surface area contributed by atoms with E-state index in [0.717, 1.165) is 30.1 Å². The fraction of sp³-hybridized carbons (Fsp3) is 0.464. The highest BCUT2D eigenvalue weighted by Gasteiger charge is 2.33. The van der Waals surface area contributed by atoms with Crippen LogP contribution in [0.5, 0.6) is 17.2 Å². The molecule has 0 bridgehead atoms. The maximum atomic E-state index is 11.3. The minimum absolute atomic E-state index is 0.164. The zero-order chi connectivity index (χ0) is 25.4. The Morgan fingerprint density at radius 2 is 1.94 bits per heavy atom. The van der Waals surface area contributed by atoms with Gasteiger partial charge in [0.1, 0.15) is 30.4 Å². The first-order valence-electron chi connectivity index (χ1n) is 12.5. The van der Waals surface area contributed by atoms with Crippen LogP contribution >= 0.6 is 0 Å². The van der Waals surface area contributed by atoms with Gasteiger partial charge in [-0.3, -0.25) is 4.90 Å². The second kappa shape index (κ2) is 12.3. The van der Waals surface area contributed by atoms with Crippen LogP contribution < -0.4 is 14.2 Å². The van der Waals surface area contributed by atoms with Crippen LogP contribution in [0.25, 0.3) is 0 Å². The standard InChI is InChI=1S/C28H37N3O5/c1-4-27-29-11-12-31(27)14-16-35-26-17-23(7-10-25(26)33-3)18-30-13-15-34-20-28(32,19-30)21-36-24-8-5-22(2)6-9-24/h5-12,17,32H,4,13-16,18-21H2,1-3H3. The normalized spacial score (nSPS) is 18.6. The number of nitrogens with zero attached hydrogens (tertiary/aromatic N) is 3. The molecular weight excluding hydrogens is 458 g/mol. The van der Waals surface area contributed by atoms with E-state index in [1.807, 2.05) is 61.8 Å². The molecule has 8 nitrogen and oxygen atoms in total. The van der Waals surface area contributed by atoms with Crippen LogP contribution in [-0.4, -0.2) is 71.8 Å². The van der Waals surface area contributed by atoms with Crippen molar-refractivity contribution in [2.75, 3.05) is 46.6 Å². The minimum atomic E-state index is -1.10. The van der Waals surface area contributed by atoms with E-state index in [2.05, 4.69) is 21.4 Å². The number of aliphatic hydroxyl groups is 1. The number of ether oxygens (including phenoxy) is 4. The summed E-state index contributed by atoms with van der Waals surface area (Å²) < 4.78 is 25.4. The fourth-order valence-electron chi connectivity index (χ4n) is 4.37. The Hall–Kier alpha value is -3.07. The monoisotopic (exact) mass is 495 g/mol. The number of hydrogen-bond donors (Lipinski definition) is 1. The van der Waals surface area contributed by atoms with Crippen LogP contribution in [0.1, 0.15) is 23.9 Å². The lowest BCUT2D eigenvalue weighted by atomic mass is 10.1. The van der Waals surface area contributed by atoms with Crippen LogP contribution in [0.4, 0.5) is 0 Å². The molecule has 194 valence electrons. The van der Waals surface area contributed by atoms with E-state index in [1.165, 1.54) is 5.56 Å². The molecule has 36 heavy (non-hydrogen) atoms. The van der Waals surface area contributed by atoms with Crippen molar-refractivity contribution in [3.05, 3.63) is 71.8 Å². The third kappa shape index (κ3) is 7.00. The average Bonchev–Trinajstić information content (AvgIpc) is 3.25. The number of aromatic nitrogens is 2. The van der Waals surface area contributed by atoms with Crippen molar-refractivity contribution in [1.82, 2.24) is 14.5 Å². The number of imidazole rings is 1. The second-order valence-corrected chi connectivity index (χ2v) is 9.31. The van der Waals surface area contributed by atoms with Gasteiger partial charge in [-0.2, -0.15) is 0 Å². The van der Waals surface area contributed by atoms with Crippen molar-refractivity contribution >= 4 is 0 Å². The first-order chi connectivity index (χ1) is 17.5. The van der Waals surface area contributed by atoms with Gasteiger partial charge in [0.2, 0.25) is 0 Å². The largest absolute Gasteiger partial charge is 0.493 e. The molecule has 1 N–H and O–H groups in total. The lowest BCUT2D eigenvalue weighted by molar-refractivity contribution is -0.0646. The van der Waals surface area contributed by atoms with E-state index in [0.29, 0.717) is 44.3 Å². The molecule has 0 amide bonds. The highest BCUT2D eigenvalue weighted by atomic mass is 16.5. The predicted octanol–water partition coefficient (Wildman–Crippen LogP) is 3.48. The SMILES string of the molecule is CCc1nccn1CCOc1cc(CN2CCOCC(O)(COc3ccc(C)cc3)C2)ccc1OC. The number of rotatable bonds is 11.